The van der Waals surface area contributed by atoms with Crippen molar-refractivity contribution in [2.45, 2.75) is 32.6 Å². The van der Waals surface area contributed by atoms with Crippen LogP contribution in [0.4, 0.5) is 0 Å². The number of hydrogen-bond donors (Lipinski definition) is 1. The van der Waals surface area contributed by atoms with Crippen LogP contribution in [-0.4, -0.2) is 43.9 Å². The molecule has 1 N–H and O–H groups in total. The van der Waals surface area contributed by atoms with E-state index in [0.29, 0.717) is 22.8 Å². The molecule has 0 saturated heterocycles. The van der Waals surface area contributed by atoms with E-state index in [1.807, 2.05) is 6.92 Å². The highest BCUT2D eigenvalue weighted by Gasteiger charge is 2.15. The Morgan fingerprint density at radius 2 is 2.00 bits per heavy atom. The monoisotopic (exact) mass is 374 g/mol. The van der Waals surface area contributed by atoms with Gasteiger partial charge in [-0.1, -0.05) is 19.4 Å². The molecule has 8 heteroatoms. The van der Waals surface area contributed by atoms with Gasteiger partial charge in [0, 0.05) is 24.9 Å². The van der Waals surface area contributed by atoms with Gasteiger partial charge in [0.15, 0.2) is 8.87 Å². The Hall–Kier alpha value is -1.54. The van der Waals surface area contributed by atoms with Crippen LogP contribution in [0, 0.1) is 0 Å². The Morgan fingerprint density at radius 3 is 2.62 bits per heavy atom. The van der Waals surface area contributed by atoms with Crippen LogP contribution in [0.15, 0.2) is 18.2 Å². The fourth-order valence-corrected chi connectivity index (χ4v) is 3.51. The second kappa shape index (κ2) is 9.68. The van der Waals surface area contributed by atoms with Crippen molar-refractivity contribution in [2.24, 2.45) is 0 Å². The summed E-state index contributed by atoms with van der Waals surface area (Å²) in [6.45, 7) is 1.92. The first kappa shape index (κ1) is 20.5. The van der Waals surface area contributed by atoms with Crippen LogP contribution >= 0.6 is 10.8 Å². The Bertz CT molecular complexity index is 682. The zero-order valence-electron chi connectivity index (χ0n) is 13.8. The van der Waals surface area contributed by atoms with Crippen LogP contribution in [0.25, 0.3) is 0 Å². The summed E-state index contributed by atoms with van der Waals surface area (Å²) in [5.41, 5.74) is 0.603. The summed E-state index contributed by atoms with van der Waals surface area (Å²) >= 11 is 0. The van der Waals surface area contributed by atoms with E-state index in [9.17, 15) is 23.1 Å². The number of Topliss-reactive ketones (excluding diaryl/α,β-unsaturated/α-hetero) is 1. The minimum Gasteiger partial charge on any atom is -0.507 e. The topological polar surface area (TPSA) is 97.7 Å². The molecule has 0 aliphatic carbocycles. The predicted molar refractivity (Wildman–Crippen MR) is 93.9 cm³/mol. The lowest BCUT2D eigenvalue weighted by molar-refractivity contribution is -0.118. The Labute approximate surface area is 145 Å². The van der Waals surface area contributed by atoms with Gasteiger partial charge in [-0.15, -0.1) is 0 Å². The SMILES string of the molecule is CCCCC(=O)Cc1ccc(O)c(C(=O)OCCSS(C)(=O)=O)c1. The summed E-state index contributed by atoms with van der Waals surface area (Å²) in [6, 6.07) is 4.38. The summed E-state index contributed by atoms with van der Waals surface area (Å²) in [5, 5.41) is 9.78. The maximum absolute atomic E-state index is 12.0. The van der Waals surface area contributed by atoms with Gasteiger partial charge in [-0.25, -0.2) is 13.2 Å². The van der Waals surface area contributed by atoms with Crippen molar-refractivity contribution in [2.75, 3.05) is 18.6 Å². The minimum atomic E-state index is -3.18. The molecule has 0 amide bonds. The molecule has 0 unspecified atom stereocenters. The standard InChI is InChI=1S/C16H22O6S2/c1-3-4-5-13(17)10-12-6-7-15(18)14(11-12)16(19)22-8-9-23-24(2,20)21/h6-7,11,18H,3-5,8-10H2,1-2H3. The third-order valence-electron chi connectivity index (χ3n) is 3.11. The third-order valence-corrected chi connectivity index (χ3v) is 5.65. The molecule has 24 heavy (non-hydrogen) atoms. The van der Waals surface area contributed by atoms with Gasteiger partial charge < -0.3 is 9.84 Å². The number of rotatable bonds is 10. The van der Waals surface area contributed by atoms with Crippen LogP contribution in [0.1, 0.15) is 42.1 Å². The number of esters is 1. The van der Waals surface area contributed by atoms with Crippen molar-refractivity contribution in [1.82, 2.24) is 0 Å². The van der Waals surface area contributed by atoms with E-state index < -0.39 is 14.8 Å². The van der Waals surface area contributed by atoms with Gasteiger partial charge >= 0.3 is 5.97 Å². The van der Waals surface area contributed by atoms with Crippen LogP contribution in [0.5, 0.6) is 5.75 Å². The summed E-state index contributed by atoms with van der Waals surface area (Å²) < 4.78 is 26.9. The molecule has 1 aromatic carbocycles. The lowest BCUT2D eigenvalue weighted by Crippen LogP contribution is -2.10. The molecule has 6 nitrogen and oxygen atoms in total. The maximum Gasteiger partial charge on any atom is 0.341 e. The van der Waals surface area contributed by atoms with E-state index in [0.717, 1.165) is 19.1 Å². The first-order valence-electron chi connectivity index (χ1n) is 7.58. The lowest BCUT2D eigenvalue weighted by atomic mass is 10.0. The zero-order chi connectivity index (χ0) is 18.2. The summed E-state index contributed by atoms with van der Waals surface area (Å²) in [4.78, 5) is 23.8. The zero-order valence-corrected chi connectivity index (χ0v) is 15.4. The van der Waals surface area contributed by atoms with Crippen molar-refractivity contribution in [3.05, 3.63) is 29.3 Å². The van der Waals surface area contributed by atoms with Crippen LogP contribution in [-0.2, 0) is 24.8 Å². The second-order valence-corrected chi connectivity index (χ2v) is 9.91. The molecule has 0 atom stereocenters. The number of aromatic hydroxyl groups is 1. The number of phenolic OH excluding ortho intramolecular Hbond substituents is 1. The van der Waals surface area contributed by atoms with Gasteiger partial charge in [0.2, 0.25) is 0 Å². The highest BCUT2D eigenvalue weighted by Crippen LogP contribution is 2.21. The predicted octanol–water partition coefficient (Wildman–Crippen LogP) is 2.54. The van der Waals surface area contributed by atoms with E-state index in [1.165, 1.54) is 12.1 Å². The Balaban J connectivity index is 2.64. The molecule has 0 bridgehead atoms. The lowest BCUT2D eigenvalue weighted by Gasteiger charge is -2.08. The Morgan fingerprint density at radius 1 is 1.29 bits per heavy atom. The van der Waals surface area contributed by atoms with E-state index in [-0.39, 0.29) is 35.9 Å². The number of carbonyl (C=O) groups excluding carboxylic acids is 2. The van der Waals surface area contributed by atoms with E-state index in [4.69, 9.17) is 4.74 Å². The van der Waals surface area contributed by atoms with E-state index in [2.05, 4.69) is 0 Å². The molecule has 0 saturated carbocycles. The first-order chi connectivity index (χ1) is 11.2. The third kappa shape index (κ3) is 7.83. The van der Waals surface area contributed by atoms with Crippen molar-refractivity contribution in [3.63, 3.8) is 0 Å². The van der Waals surface area contributed by atoms with Gasteiger partial charge in [-0.3, -0.25) is 4.79 Å². The number of phenols is 1. The smallest absolute Gasteiger partial charge is 0.341 e. The molecule has 0 aliphatic rings. The highest BCUT2D eigenvalue weighted by molar-refractivity contribution is 8.71. The molecule has 0 fully saturated rings. The van der Waals surface area contributed by atoms with Gasteiger partial charge in [-0.2, -0.15) is 0 Å². The Kier molecular flexibility index (Phi) is 8.27. The largest absolute Gasteiger partial charge is 0.507 e. The summed E-state index contributed by atoms with van der Waals surface area (Å²) in [5.74, 6) is -0.794. The van der Waals surface area contributed by atoms with Gasteiger partial charge in [0.1, 0.15) is 23.7 Å². The molecule has 134 valence electrons. The fraction of sp³-hybridized carbons (Fsp3) is 0.500. The molecule has 0 aromatic heterocycles. The number of ether oxygens (including phenoxy) is 1. The molecule has 0 heterocycles. The van der Waals surface area contributed by atoms with Gasteiger partial charge in [0.25, 0.3) is 0 Å². The number of carbonyl (C=O) groups is 2. The van der Waals surface area contributed by atoms with Crippen LogP contribution in [0.3, 0.4) is 0 Å². The fourth-order valence-electron chi connectivity index (χ4n) is 1.94. The molecule has 0 aliphatic heterocycles. The maximum atomic E-state index is 12.0. The van der Waals surface area contributed by atoms with Crippen molar-refractivity contribution < 1.29 is 27.9 Å². The van der Waals surface area contributed by atoms with Crippen LogP contribution in [0.2, 0.25) is 0 Å². The molecule has 0 spiro atoms. The average Bonchev–Trinajstić information content (AvgIpc) is 2.50. The molecule has 0 radical (unpaired) electrons. The summed E-state index contributed by atoms with van der Waals surface area (Å²) in [6.07, 6.45) is 3.52. The number of ketones is 1. The number of hydrogen-bond acceptors (Lipinski definition) is 7. The number of unbranched alkanes of at least 4 members (excludes halogenated alkanes) is 1. The average molecular weight is 374 g/mol. The van der Waals surface area contributed by atoms with Crippen LogP contribution < -0.4 is 0 Å². The second-order valence-electron chi connectivity index (χ2n) is 5.33. The normalized spacial score (nSPS) is 11.2. The highest BCUT2D eigenvalue weighted by atomic mass is 33.1. The van der Waals surface area contributed by atoms with E-state index >= 15 is 0 Å². The quantitative estimate of drug-likeness (QED) is 0.382. The number of benzene rings is 1. The molecule has 1 rings (SSSR count). The molecule has 1 aromatic rings. The molecular weight excluding hydrogens is 352 g/mol. The van der Waals surface area contributed by atoms with Crippen molar-refractivity contribution in [3.8, 4) is 5.75 Å². The van der Waals surface area contributed by atoms with E-state index in [1.54, 1.807) is 6.07 Å². The van der Waals surface area contributed by atoms with Crippen molar-refractivity contribution in [1.29, 1.82) is 0 Å². The van der Waals surface area contributed by atoms with Crippen molar-refractivity contribution >= 4 is 31.4 Å². The first-order valence-corrected chi connectivity index (χ1v) is 11.0. The molecular formula is C16H22O6S2. The van der Waals surface area contributed by atoms with Gasteiger partial charge in [-0.05, 0) is 34.9 Å². The summed E-state index contributed by atoms with van der Waals surface area (Å²) in [7, 11) is -2.50. The van der Waals surface area contributed by atoms with Gasteiger partial charge in [0.05, 0.1) is 0 Å². The minimum absolute atomic E-state index is 0.0276.